The smallest absolute Gasteiger partial charge is 0.337 e. The Morgan fingerprint density at radius 2 is 2.10 bits per heavy atom. The maximum atomic E-state index is 13.2. The fourth-order valence-corrected chi connectivity index (χ4v) is 3.72. The van der Waals surface area contributed by atoms with Crippen LogP contribution in [0.15, 0.2) is 36.0 Å². The minimum atomic E-state index is -0.291. The van der Waals surface area contributed by atoms with Gasteiger partial charge < -0.3 is 19.7 Å². The summed E-state index contributed by atoms with van der Waals surface area (Å²) in [5, 5.41) is 7.50. The van der Waals surface area contributed by atoms with Crippen LogP contribution in [0, 0.1) is 0 Å². The predicted molar refractivity (Wildman–Crippen MR) is 109 cm³/mol. The Balaban J connectivity index is 1.81. The van der Waals surface area contributed by atoms with Gasteiger partial charge in [0, 0.05) is 26.3 Å². The zero-order valence-electron chi connectivity index (χ0n) is 17.0. The number of carbonyl (C=O) groups excluding carboxylic acids is 1. The second-order valence-corrected chi connectivity index (χ2v) is 6.97. The molecule has 0 aromatic carbocycles. The lowest BCUT2D eigenvalue weighted by Crippen LogP contribution is -2.33. The largest absolute Gasteiger partial charge is 0.481 e. The van der Waals surface area contributed by atoms with Gasteiger partial charge in [0.05, 0.1) is 38.3 Å². The molecule has 4 heterocycles. The average molecular weight is 413 g/mol. The monoisotopic (exact) mass is 413 g/mol. The first-order chi connectivity index (χ1) is 14.5. The van der Waals surface area contributed by atoms with Crippen LogP contribution in [0.25, 0.3) is 5.65 Å². The number of carbonyl (C=O) groups is 1. The summed E-state index contributed by atoms with van der Waals surface area (Å²) in [6.07, 6.45) is 6.91. The molecular formula is C19H23N7O4. The van der Waals surface area contributed by atoms with Crippen molar-refractivity contribution < 1.29 is 14.3 Å². The van der Waals surface area contributed by atoms with E-state index in [1.807, 2.05) is 0 Å². The Kier molecular flexibility index (Phi) is 4.94. The molecule has 0 spiro atoms. The molecule has 1 aliphatic rings. The number of hydrogen-bond donors (Lipinski definition) is 1. The highest BCUT2D eigenvalue weighted by atomic mass is 16.5. The van der Waals surface area contributed by atoms with Crippen molar-refractivity contribution in [1.82, 2.24) is 28.6 Å². The summed E-state index contributed by atoms with van der Waals surface area (Å²) in [5.74, 6) is 0.586. The summed E-state index contributed by atoms with van der Waals surface area (Å²) in [6.45, 7) is 4.51. The SMILES string of the molecule is C=CC(=O)N1CCC(n2cc(Nc3cn(C)nc3OC)c3ncc(OC)n3c2=O)C1. The van der Waals surface area contributed by atoms with Gasteiger partial charge in [-0.05, 0) is 12.5 Å². The number of imidazole rings is 1. The van der Waals surface area contributed by atoms with Crippen molar-refractivity contribution in [1.29, 1.82) is 0 Å². The van der Waals surface area contributed by atoms with Gasteiger partial charge in [0.2, 0.25) is 11.8 Å². The third-order valence-electron chi connectivity index (χ3n) is 5.16. The molecule has 1 amide bonds. The van der Waals surface area contributed by atoms with Crippen LogP contribution in [0.2, 0.25) is 0 Å². The summed E-state index contributed by atoms with van der Waals surface area (Å²) < 4.78 is 15.3. The quantitative estimate of drug-likeness (QED) is 0.600. The number of rotatable bonds is 6. The molecule has 1 saturated heterocycles. The van der Waals surface area contributed by atoms with Gasteiger partial charge in [-0.15, -0.1) is 5.10 Å². The van der Waals surface area contributed by atoms with Gasteiger partial charge in [-0.25, -0.2) is 14.2 Å². The highest BCUT2D eigenvalue weighted by Crippen LogP contribution is 2.30. The topological polar surface area (TPSA) is 108 Å². The molecule has 1 fully saturated rings. The summed E-state index contributed by atoms with van der Waals surface area (Å²) in [5.41, 5.74) is 1.33. The maximum Gasteiger partial charge on any atom is 0.337 e. The van der Waals surface area contributed by atoms with Crippen molar-refractivity contribution in [3.05, 3.63) is 41.7 Å². The molecule has 0 radical (unpaired) electrons. The lowest BCUT2D eigenvalue weighted by atomic mass is 10.2. The fourth-order valence-electron chi connectivity index (χ4n) is 3.72. The van der Waals surface area contributed by atoms with E-state index in [4.69, 9.17) is 9.47 Å². The molecule has 3 aromatic rings. The number of nitrogens with zero attached hydrogens (tertiary/aromatic N) is 6. The molecule has 3 aromatic heterocycles. The van der Waals surface area contributed by atoms with Crippen molar-refractivity contribution in [2.45, 2.75) is 12.5 Å². The number of amides is 1. The Labute approximate surface area is 172 Å². The molecule has 158 valence electrons. The van der Waals surface area contributed by atoms with Crippen LogP contribution in [0.1, 0.15) is 12.5 Å². The maximum absolute atomic E-state index is 13.2. The highest BCUT2D eigenvalue weighted by molar-refractivity contribution is 5.87. The van der Waals surface area contributed by atoms with E-state index >= 15 is 0 Å². The molecule has 11 nitrogen and oxygen atoms in total. The zero-order valence-corrected chi connectivity index (χ0v) is 17.0. The van der Waals surface area contributed by atoms with E-state index in [9.17, 15) is 9.59 Å². The third-order valence-corrected chi connectivity index (χ3v) is 5.16. The molecule has 0 aliphatic carbocycles. The molecule has 1 N–H and O–H groups in total. The van der Waals surface area contributed by atoms with Gasteiger partial charge in [-0.1, -0.05) is 6.58 Å². The summed E-state index contributed by atoms with van der Waals surface area (Å²) in [7, 11) is 4.80. The first-order valence-corrected chi connectivity index (χ1v) is 9.39. The Morgan fingerprint density at radius 3 is 2.80 bits per heavy atom. The van der Waals surface area contributed by atoms with Crippen molar-refractivity contribution in [2.75, 3.05) is 32.6 Å². The number of methoxy groups -OCH3 is 2. The molecule has 0 saturated carbocycles. The Morgan fingerprint density at radius 1 is 1.30 bits per heavy atom. The van der Waals surface area contributed by atoms with Crippen LogP contribution in [0.4, 0.5) is 11.4 Å². The van der Waals surface area contributed by atoms with Crippen molar-refractivity contribution >= 4 is 22.9 Å². The first-order valence-electron chi connectivity index (χ1n) is 9.39. The van der Waals surface area contributed by atoms with Gasteiger partial charge in [-0.2, -0.15) is 0 Å². The summed E-state index contributed by atoms with van der Waals surface area (Å²) in [6, 6.07) is -0.186. The minimum Gasteiger partial charge on any atom is -0.481 e. The number of aromatic nitrogens is 5. The number of anilines is 2. The van der Waals surface area contributed by atoms with Crippen LogP contribution in [-0.2, 0) is 11.8 Å². The number of ether oxygens (including phenoxy) is 2. The summed E-state index contributed by atoms with van der Waals surface area (Å²) >= 11 is 0. The lowest BCUT2D eigenvalue weighted by Gasteiger charge is -2.18. The van der Waals surface area contributed by atoms with Crippen molar-refractivity contribution in [3.63, 3.8) is 0 Å². The number of fused-ring (bicyclic) bond motifs is 1. The van der Waals surface area contributed by atoms with Crippen LogP contribution in [0.5, 0.6) is 11.8 Å². The number of hydrogen-bond acceptors (Lipinski definition) is 7. The molecule has 1 aliphatic heterocycles. The van der Waals surface area contributed by atoms with Gasteiger partial charge in [-0.3, -0.25) is 14.0 Å². The van der Waals surface area contributed by atoms with Crippen molar-refractivity contribution in [2.24, 2.45) is 7.05 Å². The van der Waals surface area contributed by atoms with E-state index in [1.54, 1.807) is 33.6 Å². The van der Waals surface area contributed by atoms with E-state index in [1.165, 1.54) is 30.9 Å². The molecule has 11 heteroatoms. The van der Waals surface area contributed by atoms with Gasteiger partial charge in [0.25, 0.3) is 5.88 Å². The van der Waals surface area contributed by atoms with E-state index in [0.29, 0.717) is 48.3 Å². The van der Waals surface area contributed by atoms with Crippen LogP contribution in [0.3, 0.4) is 0 Å². The number of likely N-dealkylation sites (tertiary alicyclic amines) is 1. The summed E-state index contributed by atoms with van der Waals surface area (Å²) in [4.78, 5) is 31.3. The Bertz CT molecular complexity index is 1180. The van der Waals surface area contributed by atoms with Crippen LogP contribution in [-0.4, -0.2) is 61.8 Å². The van der Waals surface area contributed by atoms with E-state index < -0.39 is 0 Å². The molecule has 4 rings (SSSR count). The second kappa shape index (κ2) is 7.58. The van der Waals surface area contributed by atoms with Gasteiger partial charge >= 0.3 is 5.69 Å². The van der Waals surface area contributed by atoms with Gasteiger partial charge in [0.15, 0.2) is 5.65 Å². The third kappa shape index (κ3) is 3.17. The first kappa shape index (κ1) is 19.6. The molecular weight excluding hydrogens is 390 g/mol. The second-order valence-electron chi connectivity index (χ2n) is 6.97. The highest BCUT2D eigenvalue weighted by Gasteiger charge is 2.28. The molecule has 30 heavy (non-hydrogen) atoms. The van der Waals surface area contributed by atoms with Crippen LogP contribution >= 0.6 is 0 Å². The standard InChI is InChI=1S/C19H23N7O4/c1-5-15(27)24-7-6-12(9-24)25-11-13(21-14-10-23(2)22-18(14)30-4)17-20-8-16(29-3)26(17)19(25)28/h5,8,10-12,21H,1,6-7,9H2,2-4H3. The number of aryl methyl sites for hydroxylation is 1. The predicted octanol–water partition coefficient (Wildman–Crippen LogP) is 0.950. The van der Waals surface area contributed by atoms with E-state index in [2.05, 4.69) is 22.0 Å². The lowest BCUT2D eigenvalue weighted by molar-refractivity contribution is -0.125. The molecule has 0 bridgehead atoms. The molecule has 1 unspecified atom stereocenters. The minimum absolute atomic E-state index is 0.148. The van der Waals surface area contributed by atoms with E-state index in [-0.39, 0.29) is 17.6 Å². The fraction of sp³-hybridized carbons (Fsp3) is 0.368. The van der Waals surface area contributed by atoms with Gasteiger partial charge in [0.1, 0.15) is 5.69 Å². The average Bonchev–Trinajstić information content (AvgIpc) is 3.47. The zero-order chi connectivity index (χ0) is 21.4. The van der Waals surface area contributed by atoms with E-state index in [0.717, 1.165) is 0 Å². The Hall–Kier alpha value is -3.76. The van der Waals surface area contributed by atoms with Crippen LogP contribution < -0.4 is 20.5 Å². The molecule has 1 atom stereocenters. The van der Waals surface area contributed by atoms with Crippen molar-refractivity contribution in [3.8, 4) is 11.8 Å². The normalized spacial score (nSPS) is 16.1. The number of nitrogens with one attached hydrogen (secondary N) is 1.